The highest BCUT2D eigenvalue weighted by atomic mass is 16.5. The minimum atomic E-state index is 0.0532. The van der Waals surface area contributed by atoms with Crippen molar-refractivity contribution < 1.29 is 9.47 Å². The molecule has 0 rings (SSSR count). The maximum absolute atomic E-state index is 4.58. The van der Waals surface area contributed by atoms with Gasteiger partial charge in [-0.2, -0.15) is 0 Å². The fourth-order valence-corrected chi connectivity index (χ4v) is 0.214. The fourth-order valence-electron chi connectivity index (χ4n) is 0.214. The van der Waals surface area contributed by atoms with E-state index >= 15 is 0 Å². The molecule has 7 heavy (non-hydrogen) atoms. The van der Waals surface area contributed by atoms with Crippen LogP contribution in [0.5, 0.6) is 0 Å². The van der Waals surface area contributed by atoms with Crippen molar-refractivity contribution >= 4 is 0 Å². The van der Waals surface area contributed by atoms with Gasteiger partial charge in [-0.25, -0.2) is 0 Å². The van der Waals surface area contributed by atoms with E-state index in [1.807, 2.05) is 6.92 Å². The average molecular weight is 102 g/mol. The summed E-state index contributed by atoms with van der Waals surface area (Å²) in [5, 5.41) is 0. The summed E-state index contributed by atoms with van der Waals surface area (Å²) < 4.78 is 9.06. The van der Waals surface area contributed by atoms with Crippen LogP contribution in [0.2, 0.25) is 0 Å². The molecule has 1 unspecified atom stereocenters. The quantitative estimate of drug-likeness (QED) is 0.529. The zero-order chi connectivity index (χ0) is 5.70. The molecule has 0 aromatic rings. The molecule has 2 heteroatoms. The van der Waals surface area contributed by atoms with Crippen molar-refractivity contribution in [3.63, 3.8) is 0 Å². The Morgan fingerprint density at radius 3 is 2.29 bits per heavy atom. The molecule has 0 aliphatic carbocycles. The monoisotopic (exact) mass is 102 g/mol. The molecule has 0 saturated carbocycles. The topological polar surface area (TPSA) is 18.5 Å². The third kappa shape index (κ3) is 3.76. The van der Waals surface area contributed by atoms with Gasteiger partial charge in [-0.3, -0.25) is 0 Å². The summed E-state index contributed by atoms with van der Waals surface area (Å²) in [5.41, 5.74) is 0. The normalized spacial score (nSPS) is 14.1. The van der Waals surface area contributed by atoms with Gasteiger partial charge in [0.25, 0.3) is 0 Å². The molecular weight excluding hydrogens is 92.1 g/mol. The van der Waals surface area contributed by atoms with E-state index in [2.05, 4.69) is 23.7 Å². The summed E-state index contributed by atoms with van der Waals surface area (Å²) in [7, 11) is 6.36. The first-order valence-electron chi connectivity index (χ1n) is 2.09. The molecule has 0 aromatic heterocycles. The van der Waals surface area contributed by atoms with E-state index in [9.17, 15) is 0 Å². The molecule has 0 fully saturated rings. The van der Waals surface area contributed by atoms with E-state index in [1.165, 1.54) is 0 Å². The SMILES string of the molecule is [CH2]OCC(C)O[CH2]. The summed E-state index contributed by atoms with van der Waals surface area (Å²) in [4.78, 5) is 0. The molecule has 0 N–H and O–H groups in total. The molecule has 0 aliphatic rings. The Kier molecular flexibility index (Phi) is 4.04. The van der Waals surface area contributed by atoms with E-state index in [4.69, 9.17) is 0 Å². The number of hydrogen-bond donors (Lipinski definition) is 0. The average Bonchev–Trinajstić information content (AvgIpc) is 1.68. The third-order valence-corrected chi connectivity index (χ3v) is 0.637. The number of hydrogen-bond acceptors (Lipinski definition) is 2. The van der Waals surface area contributed by atoms with E-state index in [0.717, 1.165) is 0 Å². The van der Waals surface area contributed by atoms with E-state index in [1.54, 1.807) is 0 Å². The Bertz CT molecular complexity index is 37.1. The van der Waals surface area contributed by atoms with Gasteiger partial charge in [-0.15, -0.1) is 0 Å². The summed E-state index contributed by atoms with van der Waals surface area (Å²) >= 11 is 0. The molecule has 0 aromatic carbocycles. The predicted molar refractivity (Wildman–Crippen MR) is 27.2 cm³/mol. The Balaban J connectivity index is 2.83. The second kappa shape index (κ2) is 4.09. The highest BCUT2D eigenvalue weighted by Crippen LogP contribution is 1.86. The van der Waals surface area contributed by atoms with Crippen molar-refractivity contribution in [2.45, 2.75) is 13.0 Å². The van der Waals surface area contributed by atoms with Crippen molar-refractivity contribution in [1.82, 2.24) is 0 Å². The van der Waals surface area contributed by atoms with Crippen molar-refractivity contribution in [2.24, 2.45) is 0 Å². The van der Waals surface area contributed by atoms with Gasteiger partial charge in [0.05, 0.1) is 26.9 Å². The van der Waals surface area contributed by atoms with Crippen LogP contribution < -0.4 is 0 Å². The third-order valence-electron chi connectivity index (χ3n) is 0.637. The zero-order valence-electron chi connectivity index (χ0n) is 4.52. The minimum absolute atomic E-state index is 0.0532. The van der Waals surface area contributed by atoms with Crippen LogP contribution in [-0.2, 0) is 9.47 Å². The van der Waals surface area contributed by atoms with E-state index < -0.39 is 0 Å². The summed E-state index contributed by atoms with van der Waals surface area (Å²) in [6.07, 6.45) is 0.0532. The van der Waals surface area contributed by atoms with Crippen LogP contribution in [0.4, 0.5) is 0 Å². The van der Waals surface area contributed by atoms with Crippen molar-refractivity contribution in [3.8, 4) is 0 Å². The largest absolute Gasteiger partial charge is 0.376 e. The summed E-state index contributed by atoms with van der Waals surface area (Å²) in [6.45, 7) is 2.36. The van der Waals surface area contributed by atoms with Crippen molar-refractivity contribution in [3.05, 3.63) is 14.2 Å². The maximum atomic E-state index is 4.58. The molecule has 0 aliphatic heterocycles. The molecule has 0 saturated heterocycles. The second-order valence-corrected chi connectivity index (χ2v) is 1.35. The van der Waals surface area contributed by atoms with Gasteiger partial charge in [-0.1, -0.05) is 0 Å². The first-order chi connectivity index (χ1) is 3.31. The highest BCUT2D eigenvalue weighted by Gasteiger charge is 1.93. The minimum Gasteiger partial charge on any atom is -0.376 e. The van der Waals surface area contributed by atoms with Crippen LogP contribution in [0.15, 0.2) is 0 Å². The predicted octanol–water partition coefficient (Wildman–Crippen LogP) is 0.991. The fraction of sp³-hybridized carbons (Fsp3) is 0.600. The number of rotatable bonds is 3. The lowest BCUT2D eigenvalue weighted by molar-refractivity contribution is 0.0750. The standard InChI is InChI=1S/C5H10O2/c1-5(7-3)4-6-2/h5H,2-4H2,1H3. The van der Waals surface area contributed by atoms with Crippen molar-refractivity contribution in [2.75, 3.05) is 6.61 Å². The van der Waals surface area contributed by atoms with Gasteiger partial charge in [0, 0.05) is 0 Å². The van der Waals surface area contributed by atoms with E-state index in [0.29, 0.717) is 6.61 Å². The molecule has 0 amide bonds. The van der Waals surface area contributed by atoms with Gasteiger partial charge in [-0.05, 0) is 6.92 Å². The molecule has 2 nitrogen and oxygen atoms in total. The molecule has 0 bridgehead atoms. The Morgan fingerprint density at radius 2 is 2.14 bits per heavy atom. The Labute approximate surface area is 44.4 Å². The van der Waals surface area contributed by atoms with Gasteiger partial charge in [0.15, 0.2) is 0 Å². The Morgan fingerprint density at radius 1 is 1.57 bits per heavy atom. The zero-order valence-corrected chi connectivity index (χ0v) is 4.52. The highest BCUT2D eigenvalue weighted by molar-refractivity contribution is 4.43. The lowest BCUT2D eigenvalue weighted by Crippen LogP contribution is -2.09. The van der Waals surface area contributed by atoms with Crippen LogP contribution in [-0.4, -0.2) is 12.7 Å². The molecular formula is C5H10O2. The van der Waals surface area contributed by atoms with Gasteiger partial charge in [0.1, 0.15) is 0 Å². The first-order valence-corrected chi connectivity index (χ1v) is 2.09. The smallest absolute Gasteiger partial charge is 0.0781 e. The van der Waals surface area contributed by atoms with E-state index in [-0.39, 0.29) is 6.10 Å². The van der Waals surface area contributed by atoms with Gasteiger partial charge in [0.2, 0.25) is 0 Å². The van der Waals surface area contributed by atoms with Crippen LogP contribution in [0.3, 0.4) is 0 Å². The van der Waals surface area contributed by atoms with Crippen LogP contribution >= 0.6 is 0 Å². The lowest BCUT2D eigenvalue weighted by Gasteiger charge is -2.04. The van der Waals surface area contributed by atoms with Gasteiger partial charge < -0.3 is 9.47 Å². The Hall–Kier alpha value is -0.0800. The summed E-state index contributed by atoms with van der Waals surface area (Å²) in [5.74, 6) is 0. The van der Waals surface area contributed by atoms with Crippen molar-refractivity contribution in [1.29, 1.82) is 0 Å². The molecule has 0 heterocycles. The summed E-state index contributed by atoms with van der Waals surface area (Å²) in [6, 6.07) is 0. The van der Waals surface area contributed by atoms with Crippen LogP contribution in [0.1, 0.15) is 6.92 Å². The molecule has 1 atom stereocenters. The maximum Gasteiger partial charge on any atom is 0.0781 e. The van der Waals surface area contributed by atoms with Gasteiger partial charge >= 0.3 is 0 Å². The lowest BCUT2D eigenvalue weighted by atomic mass is 10.4. The van der Waals surface area contributed by atoms with Crippen LogP contribution in [0.25, 0.3) is 0 Å². The molecule has 42 valence electrons. The number of ether oxygens (including phenoxy) is 2. The van der Waals surface area contributed by atoms with Crippen LogP contribution in [0, 0.1) is 14.2 Å². The second-order valence-electron chi connectivity index (χ2n) is 1.35. The molecule has 0 spiro atoms. The molecule has 2 radical (unpaired) electrons. The first kappa shape index (κ1) is 6.92.